The standard InChI is InChI=1S/C22H31N9O8/c23-13(1-4-18(33)34)19(35)30-15(5-11-7-25-9-27-11)21(37)31-16(6-12-8-26-10-28-12)20(36)29-14(22(38)39)2-3-17(24)32/h7-10,13-16H,1-6,23H2,(H2,24,32)(H,25,27)(H,26,28)(H,29,36)(H,30,35)(H,31,37)(H,33,34)(H,38,39). The third kappa shape index (κ3) is 10.6. The number of amides is 4. The molecule has 0 saturated carbocycles. The second-order valence-corrected chi connectivity index (χ2v) is 8.63. The summed E-state index contributed by atoms with van der Waals surface area (Å²) in [4.78, 5) is 85.7. The Hall–Kier alpha value is -4.80. The molecular weight excluding hydrogens is 518 g/mol. The van der Waals surface area contributed by atoms with Crippen LogP contribution in [0.15, 0.2) is 25.0 Å². The minimum absolute atomic E-state index is 0.0853. The minimum Gasteiger partial charge on any atom is -0.481 e. The summed E-state index contributed by atoms with van der Waals surface area (Å²) in [5.74, 6) is -5.78. The number of aliphatic carboxylic acids is 2. The first-order chi connectivity index (χ1) is 18.5. The van der Waals surface area contributed by atoms with Gasteiger partial charge >= 0.3 is 11.9 Å². The van der Waals surface area contributed by atoms with Crippen LogP contribution >= 0.6 is 0 Å². The van der Waals surface area contributed by atoms with Crippen LogP contribution in [0, 0.1) is 0 Å². The Morgan fingerprint density at radius 1 is 0.769 bits per heavy atom. The molecule has 4 amide bonds. The number of carboxylic acids is 2. The predicted molar refractivity (Wildman–Crippen MR) is 131 cm³/mol. The van der Waals surface area contributed by atoms with Gasteiger partial charge in [-0.3, -0.25) is 24.0 Å². The van der Waals surface area contributed by atoms with Crippen molar-refractivity contribution in [1.82, 2.24) is 35.9 Å². The summed E-state index contributed by atoms with van der Waals surface area (Å²) in [6.45, 7) is 0. The average molecular weight is 550 g/mol. The Kier molecular flexibility index (Phi) is 11.6. The van der Waals surface area contributed by atoms with Crippen LogP contribution in [-0.2, 0) is 41.6 Å². The number of hydrogen-bond donors (Lipinski definition) is 9. The van der Waals surface area contributed by atoms with Gasteiger partial charge < -0.3 is 47.6 Å². The molecule has 0 aliphatic rings. The summed E-state index contributed by atoms with van der Waals surface area (Å²) in [5, 5.41) is 25.5. The molecule has 0 bridgehead atoms. The molecule has 4 atom stereocenters. The highest BCUT2D eigenvalue weighted by atomic mass is 16.4. The van der Waals surface area contributed by atoms with Crippen molar-refractivity contribution < 1.29 is 39.0 Å². The van der Waals surface area contributed by atoms with E-state index in [2.05, 4.69) is 35.9 Å². The molecule has 11 N–H and O–H groups in total. The fraction of sp³-hybridized carbons (Fsp3) is 0.455. The first kappa shape index (κ1) is 30.4. The van der Waals surface area contributed by atoms with Crippen LogP contribution in [-0.4, -0.2) is 89.9 Å². The van der Waals surface area contributed by atoms with Gasteiger partial charge in [0.05, 0.1) is 18.7 Å². The molecule has 39 heavy (non-hydrogen) atoms. The number of nitrogens with two attached hydrogens (primary N) is 2. The van der Waals surface area contributed by atoms with Crippen LogP contribution < -0.4 is 27.4 Å². The Labute approximate surface area is 221 Å². The van der Waals surface area contributed by atoms with E-state index in [1.807, 2.05) is 0 Å². The largest absolute Gasteiger partial charge is 0.481 e. The lowest BCUT2D eigenvalue weighted by Crippen LogP contribution is -2.58. The maximum Gasteiger partial charge on any atom is 0.326 e. The molecule has 2 aromatic rings. The van der Waals surface area contributed by atoms with Crippen molar-refractivity contribution in [3.8, 4) is 0 Å². The van der Waals surface area contributed by atoms with E-state index >= 15 is 0 Å². The van der Waals surface area contributed by atoms with Gasteiger partial charge in [0, 0.05) is 49.5 Å². The number of carbonyl (C=O) groups excluding carboxylic acids is 4. The normalized spacial score (nSPS) is 13.9. The monoisotopic (exact) mass is 549 g/mol. The van der Waals surface area contributed by atoms with Gasteiger partial charge in [-0.1, -0.05) is 0 Å². The van der Waals surface area contributed by atoms with Crippen LogP contribution in [0.3, 0.4) is 0 Å². The number of imidazole rings is 2. The van der Waals surface area contributed by atoms with Gasteiger partial charge in [0.15, 0.2) is 0 Å². The van der Waals surface area contributed by atoms with Crippen LogP contribution in [0.2, 0.25) is 0 Å². The summed E-state index contributed by atoms with van der Waals surface area (Å²) >= 11 is 0. The average Bonchev–Trinajstić information content (AvgIpc) is 3.58. The van der Waals surface area contributed by atoms with Crippen molar-refractivity contribution in [2.75, 3.05) is 0 Å². The van der Waals surface area contributed by atoms with Crippen LogP contribution in [0.4, 0.5) is 0 Å². The third-order valence-corrected chi connectivity index (χ3v) is 5.52. The van der Waals surface area contributed by atoms with E-state index in [9.17, 15) is 33.9 Å². The molecule has 0 aliphatic carbocycles. The quantitative estimate of drug-likeness (QED) is 0.0952. The zero-order chi connectivity index (χ0) is 28.9. The molecule has 0 saturated heterocycles. The summed E-state index contributed by atoms with van der Waals surface area (Å²) in [6.07, 6.45) is 4.21. The van der Waals surface area contributed by atoms with E-state index in [1.165, 1.54) is 25.0 Å². The zero-order valence-electron chi connectivity index (χ0n) is 20.8. The molecule has 2 rings (SSSR count). The maximum atomic E-state index is 13.3. The van der Waals surface area contributed by atoms with E-state index < -0.39 is 59.7 Å². The molecule has 2 heterocycles. The van der Waals surface area contributed by atoms with E-state index in [0.717, 1.165) is 0 Å². The Morgan fingerprint density at radius 2 is 1.26 bits per heavy atom. The highest BCUT2D eigenvalue weighted by Crippen LogP contribution is 2.06. The molecule has 0 fully saturated rings. The number of aromatic nitrogens is 4. The second kappa shape index (κ2) is 14.8. The van der Waals surface area contributed by atoms with E-state index in [4.69, 9.17) is 16.6 Å². The van der Waals surface area contributed by atoms with E-state index in [-0.39, 0.29) is 38.5 Å². The molecule has 17 heteroatoms. The number of aromatic amines is 2. The molecule has 0 aromatic carbocycles. The Morgan fingerprint density at radius 3 is 1.67 bits per heavy atom. The summed E-state index contributed by atoms with van der Waals surface area (Å²) < 4.78 is 0. The van der Waals surface area contributed by atoms with Crippen molar-refractivity contribution in [2.45, 2.75) is 62.7 Å². The molecule has 2 aromatic heterocycles. The van der Waals surface area contributed by atoms with Gasteiger partial charge in [-0.2, -0.15) is 0 Å². The predicted octanol–water partition coefficient (Wildman–Crippen LogP) is -3.09. The number of H-pyrrole nitrogens is 2. The fourth-order valence-corrected chi connectivity index (χ4v) is 3.43. The Balaban J connectivity index is 2.22. The minimum atomic E-state index is -1.46. The van der Waals surface area contributed by atoms with Crippen molar-refractivity contribution >= 4 is 35.6 Å². The molecule has 212 valence electrons. The van der Waals surface area contributed by atoms with Crippen molar-refractivity contribution in [3.05, 3.63) is 36.4 Å². The maximum absolute atomic E-state index is 13.3. The van der Waals surface area contributed by atoms with Crippen LogP contribution in [0.1, 0.15) is 37.1 Å². The van der Waals surface area contributed by atoms with Gasteiger partial charge in [-0.15, -0.1) is 0 Å². The lowest BCUT2D eigenvalue weighted by atomic mass is 10.1. The van der Waals surface area contributed by atoms with Gasteiger partial charge in [0.25, 0.3) is 0 Å². The fourth-order valence-electron chi connectivity index (χ4n) is 3.43. The van der Waals surface area contributed by atoms with Crippen molar-refractivity contribution in [1.29, 1.82) is 0 Å². The van der Waals surface area contributed by atoms with Crippen LogP contribution in [0.25, 0.3) is 0 Å². The first-order valence-electron chi connectivity index (χ1n) is 11.8. The molecule has 0 radical (unpaired) electrons. The smallest absolute Gasteiger partial charge is 0.326 e. The Bertz CT molecular complexity index is 1140. The highest BCUT2D eigenvalue weighted by Gasteiger charge is 2.31. The van der Waals surface area contributed by atoms with E-state index in [1.54, 1.807) is 0 Å². The van der Waals surface area contributed by atoms with Gasteiger partial charge in [-0.25, -0.2) is 14.8 Å². The topological polar surface area (TPSA) is 288 Å². The first-order valence-corrected chi connectivity index (χ1v) is 11.8. The highest BCUT2D eigenvalue weighted by molar-refractivity contribution is 5.94. The van der Waals surface area contributed by atoms with Gasteiger partial charge in [0.2, 0.25) is 23.6 Å². The number of rotatable bonds is 17. The molecule has 17 nitrogen and oxygen atoms in total. The van der Waals surface area contributed by atoms with Crippen molar-refractivity contribution in [2.24, 2.45) is 11.5 Å². The lowest BCUT2D eigenvalue weighted by molar-refractivity contribution is -0.142. The van der Waals surface area contributed by atoms with Crippen LogP contribution in [0.5, 0.6) is 0 Å². The number of nitrogens with zero attached hydrogens (tertiary/aromatic N) is 2. The van der Waals surface area contributed by atoms with Gasteiger partial charge in [0.1, 0.15) is 18.1 Å². The molecule has 0 aliphatic heterocycles. The summed E-state index contributed by atoms with van der Waals surface area (Å²) in [5.41, 5.74) is 11.7. The zero-order valence-corrected chi connectivity index (χ0v) is 20.8. The molecular formula is C22H31N9O8. The van der Waals surface area contributed by atoms with E-state index in [0.29, 0.717) is 11.4 Å². The third-order valence-electron chi connectivity index (χ3n) is 5.52. The number of primary amides is 1. The lowest BCUT2D eigenvalue weighted by Gasteiger charge is -2.25. The van der Waals surface area contributed by atoms with Crippen molar-refractivity contribution in [3.63, 3.8) is 0 Å². The molecule has 0 spiro atoms. The number of carbonyl (C=O) groups is 6. The number of hydrogen-bond acceptors (Lipinski definition) is 9. The summed E-state index contributed by atoms with van der Waals surface area (Å²) in [6, 6.07) is -5.27. The van der Waals surface area contributed by atoms with Gasteiger partial charge in [-0.05, 0) is 12.8 Å². The SMILES string of the molecule is NC(=O)CCC(NC(=O)C(Cc1cnc[nH]1)NC(=O)C(Cc1cnc[nH]1)NC(=O)C(N)CCC(=O)O)C(=O)O. The molecule has 4 unspecified atom stereocenters. The summed E-state index contributed by atoms with van der Waals surface area (Å²) in [7, 11) is 0. The number of carboxylic acid groups (broad SMARTS) is 2. The number of nitrogens with one attached hydrogen (secondary N) is 5. The second-order valence-electron chi connectivity index (χ2n) is 8.63.